The summed E-state index contributed by atoms with van der Waals surface area (Å²) in [4.78, 5) is 27.1. The lowest BCUT2D eigenvalue weighted by molar-refractivity contribution is -0.151. The number of likely N-dealkylation sites (N-methyl/N-ethyl adjacent to an activating group) is 1. The molecule has 3 aromatic carbocycles. The molecule has 0 saturated heterocycles. The zero-order valence-electron chi connectivity index (χ0n) is 18.3. The summed E-state index contributed by atoms with van der Waals surface area (Å²) in [7, 11) is 0. The summed E-state index contributed by atoms with van der Waals surface area (Å²) in [5, 5.41) is 10.2. The van der Waals surface area contributed by atoms with Crippen LogP contribution in [-0.4, -0.2) is 35.2 Å². The lowest BCUT2D eigenvalue weighted by Gasteiger charge is -2.37. The largest absolute Gasteiger partial charge is 0.479 e. The standard InChI is InChI=1S/C27H24FNO4/c1-2-29(27(25(30)31)14-13-17-15-18(28)11-12-24(17)27)26(32)33-16-23-21-9-5-3-7-19(21)20-8-4-6-10-22(20)23/h3-12,15,23H,2,13-14,16H2,1H3,(H,30,31). The van der Waals surface area contributed by atoms with Gasteiger partial charge in [-0.25, -0.2) is 14.0 Å². The summed E-state index contributed by atoms with van der Waals surface area (Å²) in [5.41, 5.74) is 3.91. The second-order valence-corrected chi connectivity index (χ2v) is 8.52. The molecule has 0 aliphatic heterocycles. The molecule has 0 bridgehead atoms. The summed E-state index contributed by atoms with van der Waals surface area (Å²) in [5.74, 6) is -1.67. The molecular weight excluding hydrogens is 421 g/mol. The molecule has 2 aliphatic carbocycles. The van der Waals surface area contributed by atoms with E-state index in [2.05, 4.69) is 12.1 Å². The topological polar surface area (TPSA) is 66.8 Å². The van der Waals surface area contributed by atoms with Crippen molar-refractivity contribution in [3.63, 3.8) is 0 Å². The first-order valence-corrected chi connectivity index (χ1v) is 11.1. The van der Waals surface area contributed by atoms with Crippen LogP contribution in [0.15, 0.2) is 66.7 Å². The van der Waals surface area contributed by atoms with Crippen molar-refractivity contribution < 1.29 is 23.8 Å². The van der Waals surface area contributed by atoms with Crippen LogP contribution in [0.2, 0.25) is 0 Å². The van der Waals surface area contributed by atoms with Crippen molar-refractivity contribution in [3.8, 4) is 11.1 Å². The van der Waals surface area contributed by atoms with Gasteiger partial charge in [0.15, 0.2) is 5.54 Å². The van der Waals surface area contributed by atoms with Gasteiger partial charge in [-0.15, -0.1) is 0 Å². The Labute approximate surface area is 191 Å². The van der Waals surface area contributed by atoms with Crippen LogP contribution in [0.1, 0.15) is 41.5 Å². The highest BCUT2D eigenvalue weighted by atomic mass is 19.1. The molecule has 0 saturated carbocycles. The fourth-order valence-electron chi connectivity index (χ4n) is 5.47. The fourth-order valence-corrected chi connectivity index (χ4v) is 5.47. The number of fused-ring (bicyclic) bond motifs is 4. The van der Waals surface area contributed by atoms with Gasteiger partial charge in [0.25, 0.3) is 0 Å². The minimum atomic E-state index is -1.57. The highest BCUT2D eigenvalue weighted by molar-refractivity contribution is 5.87. The molecule has 5 rings (SSSR count). The zero-order valence-corrected chi connectivity index (χ0v) is 18.3. The molecule has 1 unspecified atom stereocenters. The van der Waals surface area contributed by atoms with Crippen LogP contribution in [0.3, 0.4) is 0 Å². The molecule has 2 aliphatic rings. The van der Waals surface area contributed by atoms with Crippen LogP contribution in [0.5, 0.6) is 0 Å². The van der Waals surface area contributed by atoms with E-state index in [1.165, 1.54) is 23.1 Å². The molecule has 5 nitrogen and oxygen atoms in total. The van der Waals surface area contributed by atoms with Crippen LogP contribution < -0.4 is 0 Å². The lowest BCUT2D eigenvalue weighted by atomic mass is 9.90. The van der Waals surface area contributed by atoms with E-state index in [1.807, 2.05) is 36.4 Å². The predicted octanol–water partition coefficient (Wildman–Crippen LogP) is 5.32. The summed E-state index contributed by atoms with van der Waals surface area (Å²) < 4.78 is 19.5. The molecule has 1 amide bonds. The van der Waals surface area contributed by atoms with Gasteiger partial charge in [0.2, 0.25) is 0 Å². The number of carboxylic acid groups (broad SMARTS) is 1. The number of rotatable bonds is 5. The summed E-state index contributed by atoms with van der Waals surface area (Å²) in [6.45, 7) is 1.99. The molecule has 168 valence electrons. The Morgan fingerprint density at radius 1 is 1.06 bits per heavy atom. The maximum Gasteiger partial charge on any atom is 0.411 e. The van der Waals surface area contributed by atoms with Crippen molar-refractivity contribution in [1.29, 1.82) is 0 Å². The number of carbonyl (C=O) groups is 2. The van der Waals surface area contributed by atoms with Gasteiger partial charge in [0.1, 0.15) is 12.4 Å². The number of benzene rings is 3. The second-order valence-electron chi connectivity index (χ2n) is 8.52. The van der Waals surface area contributed by atoms with E-state index in [1.54, 1.807) is 6.92 Å². The van der Waals surface area contributed by atoms with Gasteiger partial charge in [-0.05, 0) is 65.3 Å². The predicted molar refractivity (Wildman–Crippen MR) is 121 cm³/mol. The number of ether oxygens (including phenoxy) is 1. The Morgan fingerprint density at radius 2 is 1.70 bits per heavy atom. The summed E-state index contributed by atoms with van der Waals surface area (Å²) >= 11 is 0. The molecule has 3 aromatic rings. The first-order chi connectivity index (χ1) is 16.0. The SMILES string of the molecule is CCN(C(=O)OCC1c2ccccc2-c2ccccc21)C1(C(=O)O)CCc2cc(F)ccc21. The van der Waals surface area contributed by atoms with Crippen molar-refractivity contribution in [2.45, 2.75) is 31.2 Å². The molecule has 33 heavy (non-hydrogen) atoms. The monoisotopic (exact) mass is 445 g/mol. The molecule has 0 spiro atoms. The Kier molecular flexibility index (Phi) is 5.16. The number of carboxylic acids is 1. The van der Waals surface area contributed by atoms with Crippen molar-refractivity contribution >= 4 is 12.1 Å². The summed E-state index contributed by atoms with van der Waals surface area (Å²) in [6.07, 6.45) is -0.120. The maximum atomic E-state index is 13.7. The number of hydrogen-bond donors (Lipinski definition) is 1. The third kappa shape index (κ3) is 3.20. The first kappa shape index (κ1) is 21.2. The molecule has 1 N–H and O–H groups in total. The van der Waals surface area contributed by atoms with Gasteiger partial charge in [0.05, 0.1) is 0 Å². The molecule has 6 heteroatoms. The van der Waals surface area contributed by atoms with Gasteiger partial charge in [0, 0.05) is 12.5 Å². The Morgan fingerprint density at radius 3 is 2.30 bits per heavy atom. The van der Waals surface area contributed by atoms with Gasteiger partial charge in [-0.1, -0.05) is 54.6 Å². The van der Waals surface area contributed by atoms with Crippen molar-refractivity contribution in [2.24, 2.45) is 0 Å². The van der Waals surface area contributed by atoms with E-state index in [9.17, 15) is 19.1 Å². The maximum absolute atomic E-state index is 13.7. The molecule has 1 atom stereocenters. The van der Waals surface area contributed by atoms with E-state index < -0.39 is 23.4 Å². The third-order valence-corrected chi connectivity index (χ3v) is 6.96. The number of aryl methyl sites for hydroxylation is 1. The highest BCUT2D eigenvalue weighted by Gasteiger charge is 2.52. The minimum Gasteiger partial charge on any atom is -0.479 e. The number of halogens is 1. The molecule has 0 heterocycles. The summed E-state index contributed by atoms with van der Waals surface area (Å²) in [6, 6.07) is 20.2. The molecular formula is C27H24FNO4. The number of carbonyl (C=O) groups excluding carboxylic acids is 1. The number of nitrogens with zero attached hydrogens (tertiary/aromatic N) is 1. The van der Waals surface area contributed by atoms with Crippen LogP contribution in [0.25, 0.3) is 11.1 Å². The van der Waals surface area contributed by atoms with E-state index in [0.717, 1.165) is 22.3 Å². The van der Waals surface area contributed by atoms with Gasteiger partial charge < -0.3 is 9.84 Å². The third-order valence-electron chi connectivity index (χ3n) is 6.96. The molecule has 0 fully saturated rings. The van der Waals surface area contributed by atoms with Crippen LogP contribution in [0.4, 0.5) is 9.18 Å². The second kappa shape index (κ2) is 8.03. The quantitative estimate of drug-likeness (QED) is 0.577. The van der Waals surface area contributed by atoms with E-state index in [4.69, 9.17) is 4.74 Å². The number of amides is 1. The average molecular weight is 445 g/mol. The normalized spacial score (nSPS) is 18.4. The van der Waals surface area contributed by atoms with Crippen molar-refractivity contribution in [1.82, 2.24) is 4.90 Å². The Balaban J connectivity index is 1.44. The fraction of sp³-hybridized carbons (Fsp3) is 0.259. The molecule has 0 radical (unpaired) electrons. The van der Waals surface area contributed by atoms with Gasteiger partial charge in [-0.3, -0.25) is 4.90 Å². The van der Waals surface area contributed by atoms with E-state index in [-0.39, 0.29) is 25.5 Å². The van der Waals surface area contributed by atoms with Gasteiger partial charge in [-0.2, -0.15) is 0 Å². The van der Waals surface area contributed by atoms with Crippen LogP contribution in [0, 0.1) is 5.82 Å². The highest BCUT2D eigenvalue weighted by Crippen LogP contribution is 2.45. The Bertz CT molecular complexity index is 1210. The van der Waals surface area contributed by atoms with E-state index >= 15 is 0 Å². The molecule has 0 aromatic heterocycles. The average Bonchev–Trinajstić information content (AvgIpc) is 3.35. The lowest BCUT2D eigenvalue weighted by Crippen LogP contribution is -2.53. The van der Waals surface area contributed by atoms with Crippen molar-refractivity contribution in [3.05, 3.63) is 94.8 Å². The Hall–Kier alpha value is -3.67. The van der Waals surface area contributed by atoms with Crippen LogP contribution >= 0.6 is 0 Å². The first-order valence-electron chi connectivity index (χ1n) is 11.1. The zero-order chi connectivity index (χ0) is 23.2. The van der Waals surface area contributed by atoms with Crippen molar-refractivity contribution in [2.75, 3.05) is 13.2 Å². The number of hydrogen-bond acceptors (Lipinski definition) is 3. The number of aliphatic carboxylic acids is 1. The van der Waals surface area contributed by atoms with Gasteiger partial charge >= 0.3 is 12.1 Å². The minimum absolute atomic E-state index is 0.106. The smallest absolute Gasteiger partial charge is 0.411 e. The van der Waals surface area contributed by atoms with E-state index in [0.29, 0.717) is 17.5 Å². The van der Waals surface area contributed by atoms with Crippen LogP contribution in [-0.2, 0) is 21.5 Å².